The number of hydrogen-bond donors (Lipinski definition) is 0. The van der Waals surface area contributed by atoms with Gasteiger partial charge in [-0.1, -0.05) is 20.8 Å². The lowest BCUT2D eigenvalue weighted by Gasteiger charge is -2.17. The van der Waals surface area contributed by atoms with E-state index in [0.29, 0.717) is 0 Å². The third-order valence-electron chi connectivity index (χ3n) is 1.86. The lowest BCUT2D eigenvalue weighted by atomic mass is 10.3. The molecule has 1 aromatic heterocycles. The Hall–Kier alpha value is -1.09. The third-order valence-corrected chi connectivity index (χ3v) is 2.97. The van der Waals surface area contributed by atoms with Crippen LogP contribution >= 0.6 is 11.8 Å². The maximum atomic E-state index is 4.30. The molecule has 0 unspecified atom stereocenters. The molecule has 0 saturated heterocycles. The number of thioether (sulfide) groups is 1. The number of hydrogen-bond acceptors (Lipinski definition) is 3. The van der Waals surface area contributed by atoms with Gasteiger partial charge in [-0.05, 0) is 18.2 Å². The van der Waals surface area contributed by atoms with E-state index in [1.54, 1.807) is 12.4 Å². The van der Waals surface area contributed by atoms with E-state index >= 15 is 0 Å². The van der Waals surface area contributed by atoms with Gasteiger partial charge < -0.3 is 0 Å². The molecule has 78 valence electrons. The molecular weight excluding hydrogens is 204 g/mol. The van der Waals surface area contributed by atoms with Crippen molar-refractivity contribution in [2.75, 3.05) is 0 Å². The topological polar surface area (TPSA) is 25.8 Å². The van der Waals surface area contributed by atoms with Gasteiger partial charge in [0.1, 0.15) is 0 Å². The van der Waals surface area contributed by atoms with Gasteiger partial charge in [-0.3, -0.25) is 9.97 Å². The van der Waals surface area contributed by atoms with E-state index in [2.05, 4.69) is 42.9 Å². The van der Waals surface area contributed by atoms with Gasteiger partial charge in [-0.2, -0.15) is 0 Å². The lowest BCUT2D eigenvalue weighted by molar-refractivity contribution is 0.803. The van der Waals surface area contributed by atoms with E-state index in [4.69, 9.17) is 0 Å². The number of nitrogens with zero attached hydrogens (tertiary/aromatic N) is 2. The monoisotopic (exact) mass is 218 g/mol. The maximum Gasteiger partial charge on any atom is 0.0897 e. The SMILES string of the molecule is CC(C)(C)Sc1ccc2nccnc2c1. The van der Waals surface area contributed by atoms with Gasteiger partial charge in [-0.15, -0.1) is 11.8 Å². The number of aromatic nitrogens is 2. The predicted molar refractivity (Wildman–Crippen MR) is 65.1 cm³/mol. The van der Waals surface area contributed by atoms with Crippen molar-refractivity contribution < 1.29 is 0 Å². The molecule has 0 radical (unpaired) electrons. The van der Waals surface area contributed by atoms with Crippen molar-refractivity contribution in [2.45, 2.75) is 30.4 Å². The van der Waals surface area contributed by atoms with Gasteiger partial charge in [0, 0.05) is 22.0 Å². The molecule has 0 bridgehead atoms. The number of fused-ring (bicyclic) bond motifs is 1. The first-order valence-corrected chi connectivity index (χ1v) is 5.76. The first-order valence-electron chi connectivity index (χ1n) is 4.94. The molecule has 0 aliphatic heterocycles. The van der Waals surface area contributed by atoms with E-state index in [0.717, 1.165) is 11.0 Å². The number of benzene rings is 1. The average Bonchev–Trinajstić information content (AvgIpc) is 2.15. The van der Waals surface area contributed by atoms with E-state index in [-0.39, 0.29) is 4.75 Å². The van der Waals surface area contributed by atoms with Crippen LogP contribution in [0.5, 0.6) is 0 Å². The zero-order chi connectivity index (χ0) is 10.9. The quantitative estimate of drug-likeness (QED) is 0.685. The molecule has 0 spiro atoms. The minimum Gasteiger partial charge on any atom is -0.253 e. The highest BCUT2D eigenvalue weighted by molar-refractivity contribution is 8.00. The van der Waals surface area contributed by atoms with Gasteiger partial charge in [0.15, 0.2) is 0 Å². The fraction of sp³-hybridized carbons (Fsp3) is 0.333. The van der Waals surface area contributed by atoms with Crippen molar-refractivity contribution in [3.05, 3.63) is 30.6 Å². The van der Waals surface area contributed by atoms with Crippen LogP contribution in [-0.2, 0) is 0 Å². The minimum absolute atomic E-state index is 0.232. The van der Waals surface area contributed by atoms with Crippen molar-refractivity contribution in [3.63, 3.8) is 0 Å². The molecule has 1 heterocycles. The second kappa shape index (κ2) is 3.81. The van der Waals surface area contributed by atoms with Crippen LogP contribution in [-0.4, -0.2) is 14.7 Å². The van der Waals surface area contributed by atoms with Crippen molar-refractivity contribution in [1.29, 1.82) is 0 Å². The van der Waals surface area contributed by atoms with E-state index in [1.165, 1.54) is 4.90 Å². The minimum atomic E-state index is 0.232. The molecule has 0 aliphatic carbocycles. The summed E-state index contributed by atoms with van der Waals surface area (Å²) in [6, 6.07) is 6.22. The summed E-state index contributed by atoms with van der Waals surface area (Å²) in [7, 11) is 0. The van der Waals surface area contributed by atoms with Crippen LogP contribution in [0.1, 0.15) is 20.8 Å². The highest BCUT2D eigenvalue weighted by Crippen LogP contribution is 2.32. The summed E-state index contributed by atoms with van der Waals surface area (Å²) in [6.45, 7) is 6.62. The lowest BCUT2D eigenvalue weighted by Crippen LogP contribution is -2.06. The summed E-state index contributed by atoms with van der Waals surface area (Å²) >= 11 is 1.85. The van der Waals surface area contributed by atoms with Gasteiger partial charge in [0.2, 0.25) is 0 Å². The van der Waals surface area contributed by atoms with Crippen molar-refractivity contribution in [2.24, 2.45) is 0 Å². The molecular formula is C12H14N2S. The van der Waals surface area contributed by atoms with Crippen LogP contribution in [0.2, 0.25) is 0 Å². The van der Waals surface area contributed by atoms with Crippen molar-refractivity contribution in [3.8, 4) is 0 Å². The second-order valence-electron chi connectivity index (χ2n) is 4.42. The molecule has 2 nitrogen and oxygen atoms in total. The van der Waals surface area contributed by atoms with Crippen LogP contribution in [0.15, 0.2) is 35.5 Å². The van der Waals surface area contributed by atoms with Crippen LogP contribution in [0.25, 0.3) is 11.0 Å². The maximum absolute atomic E-state index is 4.30. The van der Waals surface area contributed by atoms with E-state index in [9.17, 15) is 0 Å². The Labute approximate surface area is 94.1 Å². The summed E-state index contributed by atoms with van der Waals surface area (Å²) in [5.74, 6) is 0. The summed E-state index contributed by atoms with van der Waals surface area (Å²) in [4.78, 5) is 9.79. The summed E-state index contributed by atoms with van der Waals surface area (Å²) in [6.07, 6.45) is 3.45. The first-order chi connectivity index (χ1) is 7.04. The Morgan fingerprint density at radius 1 is 1.00 bits per heavy atom. The normalized spacial score (nSPS) is 11.9. The third kappa shape index (κ3) is 2.69. The molecule has 15 heavy (non-hydrogen) atoms. The Kier molecular flexibility index (Phi) is 2.65. The predicted octanol–water partition coefficient (Wildman–Crippen LogP) is 3.52. The van der Waals surface area contributed by atoms with E-state index < -0.39 is 0 Å². The average molecular weight is 218 g/mol. The standard InChI is InChI=1S/C12H14N2S/c1-12(2,3)15-9-4-5-10-11(8-9)14-7-6-13-10/h4-8H,1-3H3. The molecule has 0 fully saturated rings. The van der Waals surface area contributed by atoms with Crippen LogP contribution in [0.4, 0.5) is 0 Å². The zero-order valence-corrected chi connectivity index (χ0v) is 10.0. The summed E-state index contributed by atoms with van der Waals surface area (Å²) < 4.78 is 0.232. The van der Waals surface area contributed by atoms with Gasteiger partial charge in [-0.25, -0.2) is 0 Å². The molecule has 2 aromatic rings. The largest absolute Gasteiger partial charge is 0.253 e. The second-order valence-corrected chi connectivity index (χ2v) is 6.32. The van der Waals surface area contributed by atoms with Crippen LogP contribution in [0, 0.1) is 0 Å². The smallest absolute Gasteiger partial charge is 0.0897 e. The highest BCUT2D eigenvalue weighted by Gasteiger charge is 2.12. The van der Waals surface area contributed by atoms with Crippen molar-refractivity contribution in [1.82, 2.24) is 9.97 Å². The molecule has 3 heteroatoms. The van der Waals surface area contributed by atoms with Crippen molar-refractivity contribution >= 4 is 22.8 Å². The molecule has 0 saturated carbocycles. The van der Waals surface area contributed by atoms with Gasteiger partial charge in [0.05, 0.1) is 11.0 Å². The Balaban J connectivity index is 2.39. The first kappa shape index (κ1) is 10.4. The Bertz CT molecular complexity index is 474. The van der Waals surface area contributed by atoms with Crippen LogP contribution in [0.3, 0.4) is 0 Å². The zero-order valence-electron chi connectivity index (χ0n) is 9.19. The fourth-order valence-electron chi connectivity index (χ4n) is 1.36. The fourth-order valence-corrected chi connectivity index (χ4v) is 2.37. The highest BCUT2D eigenvalue weighted by atomic mass is 32.2. The van der Waals surface area contributed by atoms with E-state index in [1.807, 2.05) is 17.8 Å². The Morgan fingerprint density at radius 3 is 2.33 bits per heavy atom. The summed E-state index contributed by atoms with van der Waals surface area (Å²) in [5, 5.41) is 0. The molecule has 2 rings (SSSR count). The summed E-state index contributed by atoms with van der Waals surface area (Å²) in [5.41, 5.74) is 1.92. The molecule has 0 N–H and O–H groups in total. The number of rotatable bonds is 1. The Morgan fingerprint density at radius 2 is 1.67 bits per heavy atom. The van der Waals surface area contributed by atoms with Crippen LogP contribution < -0.4 is 0 Å². The molecule has 1 aromatic carbocycles. The van der Waals surface area contributed by atoms with Gasteiger partial charge in [0.25, 0.3) is 0 Å². The molecule has 0 amide bonds. The molecule has 0 atom stereocenters. The molecule has 0 aliphatic rings. The van der Waals surface area contributed by atoms with Gasteiger partial charge >= 0.3 is 0 Å².